The summed E-state index contributed by atoms with van der Waals surface area (Å²) in [5.41, 5.74) is 1.40. The number of carbonyl (C=O) groups excluding carboxylic acids is 1. The molecule has 2 amide bonds. The van der Waals surface area contributed by atoms with Crippen molar-refractivity contribution in [3.63, 3.8) is 0 Å². The van der Waals surface area contributed by atoms with Crippen LogP contribution in [0.25, 0.3) is 0 Å². The monoisotopic (exact) mass is 288 g/mol. The third-order valence-electron chi connectivity index (χ3n) is 3.23. The van der Waals surface area contributed by atoms with E-state index in [1.165, 1.54) is 23.6 Å². The summed E-state index contributed by atoms with van der Waals surface area (Å²) in [6, 6.07) is 0.0892. The van der Waals surface area contributed by atoms with Gasteiger partial charge in [-0.1, -0.05) is 0 Å². The van der Waals surface area contributed by atoms with Gasteiger partial charge >= 0.3 is 12.0 Å². The number of H-pyrrole nitrogens is 1. The SMILES string of the molecule is O=C(O)C1Cc2nc[nH]c2CN1C(=O)Nc1ncccn1. The summed E-state index contributed by atoms with van der Waals surface area (Å²) in [6.07, 6.45) is 4.63. The molecule has 9 nitrogen and oxygen atoms in total. The predicted molar refractivity (Wildman–Crippen MR) is 70.3 cm³/mol. The number of carboxylic acid groups (broad SMARTS) is 1. The van der Waals surface area contributed by atoms with E-state index in [4.69, 9.17) is 0 Å². The maximum Gasteiger partial charge on any atom is 0.326 e. The summed E-state index contributed by atoms with van der Waals surface area (Å²) in [5, 5.41) is 11.8. The second-order valence-corrected chi connectivity index (χ2v) is 4.52. The van der Waals surface area contributed by atoms with E-state index in [2.05, 4.69) is 25.3 Å². The molecule has 1 unspecified atom stereocenters. The first kappa shape index (κ1) is 13.0. The van der Waals surface area contributed by atoms with E-state index in [-0.39, 0.29) is 18.9 Å². The van der Waals surface area contributed by atoms with E-state index in [0.29, 0.717) is 5.69 Å². The molecule has 0 radical (unpaired) electrons. The largest absolute Gasteiger partial charge is 0.480 e. The lowest BCUT2D eigenvalue weighted by Gasteiger charge is -2.31. The molecule has 0 aromatic carbocycles. The minimum atomic E-state index is -1.08. The van der Waals surface area contributed by atoms with Crippen molar-refractivity contribution >= 4 is 17.9 Å². The van der Waals surface area contributed by atoms with Gasteiger partial charge in [-0.15, -0.1) is 0 Å². The Hall–Kier alpha value is -2.97. The summed E-state index contributed by atoms with van der Waals surface area (Å²) >= 11 is 0. The van der Waals surface area contributed by atoms with Gasteiger partial charge in [0.1, 0.15) is 6.04 Å². The van der Waals surface area contributed by atoms with Crippen LogP contribution in [0.5, 0.6) is 0 Å². The van der Waals surface area contributed by atoms with E-state index in [1.807, 2.05) is 0 Å². The maximum absolute atomic E-state index is 12.3. The normalized spacial score (nSPS) is 17.1. The zero-order valence-electron chi connectivity index (χ0n) is 10.9. The number of aliphatic carboxylic acids is 1. The average Bonchev–Trinajstić information content (AvgIpc) is 2.94. The Morgan fingerprint density at radius 1 is 1.33 bits per heavy atom. The van der Waals surface area contributed by atoms with Crippen LogP contribution in [0.15, 0.2) is 24.8 Å². The molecule has 1 aliphatic heterocycles. The second kappa shape index (κ2) is 5.19. The Morgan fingerprint density at radius 2 is 2.10 bits per heavy atom. The number of nitrogens with zero attached hydrogens (tertiary/aromatic N) is 4. The molecular formula is C12H12N6O3. The van der Waals surface area contributed by atoms with Crippen LogP contribution >= 0.6 is 0 Å². The van der Waals surface area contributed by atoms with Crippen LogP contribution in [0.3, 0.4) is 0 Å². The highest BCUT2D eigenvalue weighted by molar-refractivity contribution is 5.91. The zero-order valence-corrected chi connectivity index (χ0v) is 10.9. The molecule has 0 saturated heterocycles. The van der Waals surface area contributed by atoms with Gasteiger partial charge in [0.15, 0.2) is 0 Å². The lowest BCUT2D eigenvalue weighted by Crippen LogP contribution is -2.50. The molecule has 0 saturated carbocycles. The lowest BCUT2D eigenvalue weighted by molar-refractivity contribution is -0.142. The van der Waals surface area contributed by atoms with Crippen molar-refractivity contribution in [3.8, 4) is 0 Å². The fraction of sp³-hybridized carbons (Fsp3) is 0.250. The molecule has 3 N–H and O–H groups in total. The average molecular weight is 288 g/mol. The van der Waals surface area contributed by atoms with Crippen molar-refractivity contribution < 1.29 is 14.7 Å². The molecule has 0 aliphatic carbocycles. The molecule has 2 aromatic heterocycles. The van der Waals surface area contributed by atoms with E-state index >= 15 is 0 Å². The molecule has 1 aliphatic rings. The molecule has 1 atom stereocenters. The number of aromatic nitrogens is 4. The van der Waals surface area contributed by atoms with Crippen LogP contribution in [0.2, 0.25) is 0 Å². The van der Waals surface area contributed by atoms with Crippen molar-refractivity contribution in [1.82, 2.24) is 24.8 Å². The van der Waals surface area contributed by atoms with Crippen molar-refractivity contribution in [1.29, 1.82) is 0 Å². The molecule has 9 heteroatoms. The van der Waals surface area contributed by atoms with Gasteiger partial charge in [0.05, 0.1) is 24.3 Å². The van der Waals surface area contributed by atoms with Crippen LogP contribution in [-0.4, -0.2) is 48.0 Å². The van der Waals surface area contributed by atoms with Gasteiger partial charge in [0.2, 0.25) is 5.95 Å². The van der Waals surface area contributed by atoms with E-state index in [9.17, 15) is 14.7 Å². The van der Waals surface area contributed by atoms with Gasteiger partial charge in [-0.2, -0.15) is 0 Å². The number of carboxylic acids is 1. The third-order valence-corrected chi connectivity index (χ3v) is 3.23. The number of imidazole rings is 1. The zero-order chi connectivity index (χ0) is 14.8. The highest BCUT2D eigenvalue weighted by atomic mass is 16.4. The first-order valence-electron chi connectivity index (χ1n) is 6.23. The maximum atomic E-state index is 12.3. The van der Waals surface area contributed by atoms with Gasteiger partial charge < -0.3 is 15.0 Å². The topological polar surface area (TPSA) is 124 Å². The minimum Gasteiger partial charge on any atom is -0.480 e. The molecule has 0 spiro atoms. The number of aromatic amines is 1. The number of hydrogen-bond acceptors (Lipinski definition) is 5. The number of urea groups is 1. The minimum absolute atomic E-state index is 0.127. The molecule has 0 bridgehead atoms. The van der Waals surface area contributed by atoms with E-state index in [1.54, 1.807) is 6.07 Å². The van der Waals surface area contributed by atoms with Gasteiger partial charge in [-0.3, -0.25) is 5.32 Å². The van der Waals surface area contributed by atoms with Gasteiger partial charge in [-0.25, -0.2) is 24.5 Å². The summed E-state index contributed by atoms with van der Waals surface area (Å²) in [6.45, 7) is 0.144. The number of rotatable bonds is 2. The highest BCUT2D eigenvalue weighted by Gasteiger charge is 2.36. The Labute approximate surface area is 119 Å². The molecule has 108 valence electrons. The van der Waals surface area contributed by atoms with Gasteiger partial charge in [0.25, 0.3) is 0 Å². The number of hydrogen-bond donors (Lipinski definition) is 3. The second-order valence-electron chi connectivity index (χ2n) is 4.52. The Kier molecular flexibility index (Phi) is 3.22. The van der Waals surface area contributed by atoms with Crippen LogP contribution in [0, 0.1) is 0 Å². The van der Waals surface area contributed by atoms with E-state index in [0.717, 1.165) is 5.69 Å². The molecule has 3 heterocycles. The first-order valence-corrected chi connectivity index (χ1v) is 6.23. The quantitative estimate of drug-likeness (QED) is 0.727. The van der Waals surface area contributed by atoms with Crippen LogP contribution in [0.4, 0.5) is 10.7 Å². The van der Waals surface area contributed by atoms with Crippen LogP contribution < -0.4 is 5.32 Å². The number of anilines is 1. The Bertz CT molecular complexity index is 671. The summed E-state index contributed by atoms with van der Waals surface area (Å²) in [4.78, 5) is 39.6. The van der Waals surface area contributed by atoms with E-state index < -0.39 is 18.0 Å². The predicted octanol–water partition coefficient (Wildman–Crippen LogP) is 0.243. The fourth-order valence-electron chi connectivity index (χ4n) is 2.20. The number of amides is 2. The summed E-state index contributed by atoms with van der Waals surface area (Å²) < 4.78 is 0. The molecule has 2 aromatic rings. The van der Waals surface area contributed by atoms with Gasteiger partial charge in [0, 0.05) is 18.8 Å². The molecular weight excluding hydrogens is 276 g/mol. The number of fused-ring (bicyclic) bond motifs is 1. The number of nitrogens with one attached hydrogen (secondary N) is 2. The van der Waals surface area contributed by atoms with Crippen molar-refractivity contribution in [2.75, 3.05) is 5.32 Å². The van der Waals surface area contributed by atoms with Crippen molar-refractivity contribution in [2.24, 2.45) is 0 Å². The first-order chi connectivity index (χ1) is 10.1. The summed E-state index contributed by atoms with van der Waals surface area (Å²) in [7, 11) is 0. The fourth-order valence-corrected chi connectivity index (χ4v) is 2.20. The third kappa shape index (κ3) is 2.53. The van der Waals surface area contributed by atoms with Gasteiger partial charge in [-0.05, 0) is 6.07 Å². The Morgan fingerprint density at radius 3 is 2.81 bits per heavy atom. The summed E-state index contributed by atoms with van der Waals surface area (Å²) in [5.74, 6) is -0.949. The van der Waals surface area contributed by atoms with Crippen LogP contribution in [0.1, 0.15) is 11.4 Å². The van der Waals surface area contributed by atoms with Crippen molar-refractivity contribution in [2.45, 2.75) is 19.0 Å². The van der Waals surface area contributed by atoms with Crippen LogP contribution in [-0.2, 0) is 17.8 Å². The van der Waals surface area contributed by atoms with Crippen molar-refractivity contribution in [3.05, 3.63) is 36.2 Å². The smallest absolute Gasteiger partial charge is 0.326 e. The lowest BCUT2D eigenvalue weighted by atomic mass is 10.0. The highest BCUT2D eigenvalue weighted by Crippen LogP contribution is 2.21. The molecule has 21 heavy (non-hydrogen) atoms. The number of carbonyl (C=O) groups is 2. The molecule has 0 fully saturated rings. The standard InChI is InChI=1S/C12H12N6O3/c19-10(20)9-4-7-8(16-6-15-7)5-18(9)12(21)17-11-13-2-1-3-14-11/h1-3,6,9H,4-5H2,(H,15,16)(H,19,20)(H,13,14,17,21). The molecule has 3 rings (SSSR count). The Balaban J connectivity index is 1.82.